The van der Waals surface area contributed by atoms with Crippen molar-refractivity contribution in [2.24, 2.45) is 0 Å². The zero-order chi connectivity index (χ0) is 8.04. The summed E-state index contributed by atoms with van der Waals surface area (Å²) in [6, 6.07) is 0. The van der Waals surface area contributed by atoms with E-state index in [2.05, 4.69) is 5.92 Å². The van der Waals surface area contributed by atoms with Gasteiger partial charge in [-0.2, -0.15) is 0 Å². The Hall–Kier alpha value is -0.190. The fourth-order valence-corrected chi connectivity index (χ4v) is 0.825. The second-order valence-electron chi connectivity index (χ2n) is 2.56. The van der Waals surface area contributed by atoms with Gasteiger partial charge in [-0.15, -0.1) is 18.0 Å². The van der Waals surface area contributed by atoms with E-state index in [1.165, 1.54) is 0 Å². The van der Waals surface area contributed by atoms with Crippen LogP contribution in [0.25, 0.3) is 0 Å². The first kappa shape index (κ1) is 9.81. The van der Waals surface area contributed by atoms with Crippen LogP contribution >= 0.6 is 11.6 Å². The first-order valence-electron chi connectivity index (χ1n) is 3.38. The van der Waals surface area contributed by atoms with Crippen LogP contribution in [-0.2, 0) is 0 Å². The largest absolute Gasteiger partial charge is 0.378 e. The number of hydrogen-bond donors (Lipinski definition) is 1. The van der Waals surface area contributed by atoms with E-state index >= 15 is 0 Å². The molecule has 0 aliphatic rings. The number of terminal acetylenes is 1. The van der Waals surface area contributed by atoms with Gasteiger partial charge in [0, 0.05) is 5.88 Å². The minimum atomic E-state index is -0.938. The molecule has 10 heavy (non-hydrogen) atoms. The predicted molar refractivity (Wildman–Crippen MR) is 44.0 cm³/mol. The summed E-state index contributed by atoms with van der Waals surface area (Å²) in [6.45, 7) is 1.64. The lowest BCUT2D eigenvalue weighted by molar-refractivity contribution is 0.110. The van der Waals surface area contributed by atoms with Gasteiger partial charge in [-0.1, -0.05) is 5.92 Å². The Kier molecular flexibility index (Phi) is 4.51. The molecule has 0 aromatic heterocycles. The molecular weight excluding hydrogens is 148 g/mol. The summed E-state index contributed by atoms with van der Waals surface area (Å²) in [5.74, 6) is 2.95. The van der Waals surface area contributed by atoms with Crippen molar-refractivity contribution in [2.75, 3.05) is 5.88 Å². The molecule has 0 spiro atoms. The van der Waals surface area contributed by atoms with Gasteiger partial charge in [0.15, 0.2) is 0 Å². The highest BCUT2D eigenvalue weighted by atomic mass is 35.5. The molecule has 1 atom stereocenters. The third-order valence-electron chi connectivity index (χ3n) is 1.36. The Morgan fingerprint density at radius 2 is 2.20 bits per heavy atom. The molecule has 0 aliphatic carbocycles. The van der Waals surface area contributed by atoms with Gasteiger partial charge in [0.1, 0.15) is 5.60 Å². The van der Waals surface area contributed by atoms with Gasteiger partial charge in [-0.05, 0) is 26.2 Å². The first-order valence-corrected chi connectivity index (χ1v) is 3.92. The first-order chi connectivity index (χ1) is 4.62. The van der Waals surface area contributed by atoms with Crippen LogP contribution in [0.2, 0.25) is 0 Å². The molecule has 0 saturated carbocycles. The van der Waals surface area contributed by atoms with Crippen molar-refractivity contribution in [1.29, 1.82) is 0 Å². The second kappa shape index (κ2) is 4.60. The topological polar surface area (TPSA) is 20.2 Å². The number of aliphatic hydroxyl groups is 1. The minimum Gasteiger partial charge on any atom is -0.378 e. The van der Waals surface area contributed by atoms with E-state index in [4.69, 9.17) is 18.0 Å². The van der Waals surface area contributed by atoms with Gasteiger partial charge in [-0.3, -0.25) is 0 Å². The van der Waals surface area contributed by atoms with Crippen molar-refractivity contribution >= 4 is 11.6 Å². The van der Waals surface area contributed by atoms with E-state index in [1.54, 1.807) is 6.92 Å². The quantitative estimate of drug-likeness (QED) is 0.378. The summed E-state index contributed by atoms with van der Waals surface area (Å²) >= 11 is 5.44. The highest BCUT2D eigenvalue weighted by molar-refractivity contribution is 6.17. The van der Waals surface area contributed by atoms with Crippen LogP contribution < -0.4 is 0 Å². The van der Waals surface area contributed by atoms with Crippen LogP contribution in [0.1, 0.15) is 26.2 Å². The summed E-state index contributed by atoms with van der Waals surface area (Å²) in [6.07, 6.45) is 7.50. The van der Waals surface area contributed by atoms with Crippen molar-refractivity contribution in [1.82, 2.24) is 0 Å². The number of alkyl halides is 1. The van der Waals surface area contributed by atoms with Crippen LogP contribution in [0, 0.1) is 12.3 Å². The highest BCUT2D eigenvalue weighted by Crippen LogP contribution is 2.11. The Bertz CT molecular complexity index is 124. The zero-order valence-electron chi connectivity index (χ0n) is 6.23. The number of hydrogen-bond acceptors (Lipinski definition) is 1. The van der Waals surface area contributed by atoms with E-state index in [0.29, 0.717) is 12.3 Å². The lowest BCUT2D eigenvalue weighted by Crippen LogP contribution is -2.20. The highest BCUT2D eigenvalue weighted by Gasteiger charge is 2.14. The summed E-state index contributed by atoms with van der Waals surface area (Å²) in [7, 11) is 0. The van der Waals surface area contributed by atoms with Crippen LogP contribution in [0.4, 0.5) is 0 Å². The molecule has 0 rings (SSSR count). The Labute approximate surface area is 67.4 Å². The van der Waals surface area contributed by atoms with Crippen LogP contribution in [0.15, 0.2) is 0 Å². The maximum absolute atomic E-state index is 9.27. The molecule has 0 fully saturated rings. The van der Waals surface area contributed by atoms with Crippen molar-refractivity contribution in [3.63, 3.8) is 0 Å². The molecule has 0 aliphatic heterocycles. The molecular formula is C8H13ClO. The van der Waals surface area contributed by atoms with E-state index < -0.39 is 5.60 Å². The molecule has 0 bridgehead atoms. The molecule has 0 amide bonds. The van der Waals surface area contributed by atoms with Gasteiger partial charge in [0.05, 0.1) is 0 Å². The fraction of sp³-hybridized carbons (Fsp3) is 0.750. The smallest absolute Gasteiger partial charge is 0.122 e. The Morgan fingerprint density at radius 3 is 2.60 bits per heavy atom. The Morgan fingerprint density at radius 1 is 1.60 bits per heavy atom. The predicted octanol–water partition coefficient (Wildman–Crippen LogP) is 1.78. The van der Waals surface area contributed by atoms with Crippen molar-refractivity contribution in [3.8, 4) is 12.3 Å². The lowest BCUT2D eigenvalue weighted by Gasteiger charge is -2.14. The summed E-state index contributed by atoms with van der Waals surface area (Å²) in [5.41, 5.74) is -0.938. The van der Waals surface area contributed by atoms with Gasteiger partial charge >= 0.3 is 0 Å². The lowest BCUT2D eigenvalue weighted by atomic mass is 10.0. The number of unbranched alkanes of at least 4 members (excludes halogenated alkanes) is 1. The average Bonchev–Trinajstić information content (AvgIpc) is 1.89. The van der Waals surface area contributed by atoms with Gasteiger partial charge < -0.3 is 5.11 Å². The van der Waals surface area contributed by atoms with E-state index in [9.17, 15) is 5.11 Å². The molecule has 1 N–H and O–H groups in total. The maximum Gasteiger partial charge on any atom is 0.122 e. The average molecular weight is 161 g/mol. The number of rotatable bonds is 4. The van der Waals surface area contributed by atoms with Crippen LogP contribution in [0.3, 0.4) is 0 Å². The van der Waals surface area contributed by atoms with Gasteiger partial charge in [-0.25, -0.2) is 0 Å². The summed E-state index contributed by atoms with van der Waals surface area (Å²) in [4.78, 5) is 0. The Balaban J connectivity index is 3.40. The summed E-state index contributed by atoms with van der Waals surface area (Å²) < 4.78 is 0. The second-order valence-corrected chi connectivity index (χ2v) is 2.94. The monoisotopic (exact) mass is 160 g/mol. The normalized spacial score (nSPS) is 15.8. The molecule has 0 saturated heterocycles. The molecule has 0 aromatic rings. The van der Waals surface area contributed by atoms with E-state index in [-0.39, 0.29) is 0 Å². The molecule has 0 heterocycles. The standard InChI is InChI=1S/C8H13ClO/c1-3-8(2,10)6-4-5-7-9/h1,10H,4-7H2,2H3. The van der Waals surface area contributed by atoms with Crippen molar-refractivity contribution in [2.45, 2.75) is 31.8 Å². The minimum absolute atomic E-state index is 0.635. The summed E-state index contributed by atoms with van der Waals surface area (Å²) in [5, 5.41) is 9.27. The molecule has 1 unspecified atom stereocenters. The van der Waals surface area contributed by atoms with E-state index in [1.807, 2.05) is 0 Å². The van der Waals surface area contributed by atoms with E-state index in [0.717, 1.165) is 12.8 Å². The van der Waals surface area contributed by atoms with Crippen LogP contribution in [-0.4, -0.2) is 16.6 Å². The molecule has 0 aromatic carbocycles. The SMILES string of the molecule is C#CC(C)(O)CCCCCl. The van der Waals surface area contributed by atoms with Crippen LogP contribution in [0.5, 0.6) is 0 Å². The molecule has 58 valence electrons. The third-order valence-corrected chi connectivity index (χ3v) is 1.63. The molecule has 1 nitrogen and oxygen atoms in total. The molecule has 0 radical (unpaired) electrons. The third kappa shape index (κ3) is 4.67. The molecule has 2 heteroatoms. The maximum atomic E-state index is 9.27. The zero-order valence-corrected chi connectivity index (χ0v) is 6.99. The van der Waals surface area contributed by atoms with Gasteiger partial charge in [0.2, 0.25) is 0 Å². The van der Waals surface area contributed by atoms with Crippen molar-refractivity contribution in [3.05, 3.63) is 0 Å². The van der Waals surface area contributed by atoms with Crippen molar-refractivity contribution < 1.29 is 5.11 Å². The van der Waals surface area contributed by atoms with Gasteiger partial charge in [0.25, 0.3) is 0 Å². The fourth-order valence-electron chi connectivity index (χ4n) is 0.636. The number of halogens is 1.